The molecular formula is C14H17NO4. The van der Waals surface area contributed by atoms with Crippen molar-refractivity contribution < 1.29 is 20.1 Å². The first-order valence-electron chi connectivity index (χ1n) is 6.19. The lowest BCUT2D eigenvalue weighted by Crippen LogP contribution is -1.99. The van der Waals surface area contributed by atoms with Crippen LogP contribution >= 0.6 is 0 Å². The topological polar surface area (TPSA) is 82.7 Å². The van der Waals surface area contributed by atoms with Crippen LogP contribution in [0.25, 0.3) is 10.9 Å². The normalized spacial score (nSPS) is 12.8. The van der Waals surface area contributed by atoms with Crippen molar-refractivity contribution >= 4 is 16.9 Å². The summed E-state index contributed by atoms with van der Waals surface area (Å²) < 4.78 is 1.93. The number of aromatic carboxylic acids is 1. The number of carboxylic acid groups (broad SMARTS) is 1. The zero-order valence-corrected chi connectivity index (χ0v) is 10.7. The SMILES string of the molecule is CC(O)c1cn(CCCO)c2ccc(C(=O)O)cc12. The second kappa shape index (κ2) is 5.42. The number of hydrogen-bond acceptors (Lipinski definition) is 3. The van der Waals surface area contributed by atoms with E-state index in [2.05, 4.69) is 0 Å². The number of hydrogen-bond donors (Lipinski definition) is 3. The second-order valence-electron chi connectivity index (χ2n) is 4.57. The highest BCUT2D eigenvalue weighted by Crippen LogP contribution is 2.27. The monoisotopic (exact) mass is 263 g/mol. The molecule has 1 heterocycles. The van der Waals surface area contributed by atoms with Crippen molar-refractivity contribution in [1.29, 1.82) is 0 Å². The van der Waals surface area contributed by atoms with Crippen LogP contribution in [0.1, 0.15) is 35.4 Å². The molecule has 0 saturated carbocycles. The van der Waals surface area contributed by atoms with Gasteiger partial charge in [-0.2, -0.15) is 0 Å². The number of nitrogens with zero attached hydrogens (tertiary/aromatic N) is 1. The Hall–Kier alpha value is -1.85. The van der Waals surface area contributed by atoms with Crippen LogP contribution in [0.3, 0.4) is 0 Å². The van der Waals surface area contributed by atoms with Gasteiger partial charge < -0.3 is 19.9 Å². The zero-order chi connectivity index (χ0) is 14.0. The van der Waals surface area contributed by atoms with E-state index in [1.54, 1.807) is 25.1 Å². The smallest absolute Gasteiger partial charge is 0.335 e. The molecule has 1 aromatic heterocycles. The van der Waals surface area contributed by atoms with Crippen LogP contribution < -0.4 is 0 Å². The largest absolute Gasteiger partial charge is 0.478 e. The summed E-state index contributed by atoms with van der Waals surface area (Å²) in [6.07, 6.45) is 1.77. The van der Waals surface area contributed by atoms with Crippen molar-refractivity contribution in [2.45, 2.75) is 26.0 Å². The van der Waals surface area contributed by atoms with Gasteiger partial charge in [-0.15, -0.1) is 0 Å². The summed E-state index contributed by atoms with van der Waals surface area (Å²) in [5, 5.41) is 28.4. The van der Waals surface area contributed by atoms with Crippen molar-refractivity contribution in [1.82, 2.24) is 4.57 Å². The third-order valence-corrected chi connectivity index (χ3v) is 3.17. The molecule has 102 valence electrons. The lowest BCUT2D eigenvalue weighted by atomic mass is 10.1. The highest BCUT2D eigenvalue weighted by molar-refractivity contribution is 5.95. The lowest BCUT2D eigenvalue weighted by Gasteiger charge is -2.03. The van der Waals surface area contributed by atoms with E-state index in [0.29, 0.717) is 18.5 Å². The minimum atomic E-state index is -0.985. The fourth-order valence-corrected chi connectivity index (χ4v) is 2.22. The second-order valence-corrected chi connectivity index (χ2v) is 4.57. The van der Waals surface area contributed by atoms with Crippen LogP contribution in [-0.4, -0.2) is 32.5 Å². The van der Waals surface area contributed by atoms with Gasteiger partial charge in [-0.3, -0.25) is 0 Å². The zero-order valence-electron chi connectivity index (χ0n) is 10.7. The Morgan fingerprint density at radius 1 is 1.42 bits per heavy atom. The number of aromatic nitrogens is 1. The van der Waals surface area contributed by atoms with E-state index < -0.39 is 12.1 Å². The van der Waals surface area contributed by atoms with Crippen molar-refractivity contribution in [2.75, 3.05) is 6.61 Å². The molecule has 5 heteroatoms. The van der Waals surface area contributed by atoms with Crippen molar-refractivity contribution in [3.63, 3.8) is 0 Å². The maximum absolute atomic E-state index is 11.0. The summed E-state index contributed by atoms with van der Waals surface area (Å²) >= 11 is 0. The van der Waals surface area contributed by atoms with Crippen molar-refractivity contribution in [2.24, 2.45) is 0 Å². The van der Waals surface area contributed by atoms with Gasteiger partial charge in [0, 0.05) is 35.8 Å². The highest BCUT2D eigenvalue weighted by atomic mass is 16.4. The Bertz CT molecular complexity index is 601. The van der Waals surface area contributed by atoms with Crippen LogP contribution in [0.5, 0.6) is 0 Å². The van der Waals surface area contributed by atoms with Gasteiger partial charge in [0.05, 0.1) is 11.7 Å². The molecule has 0 aliphatic rings. The molecule has 19 heavy (non-hydrogen) atoms. The van der Waals surface area contributed by atoms with Crippen LogP contribution in [0.2, 0.25) is 0 Å². The minimum absolute atomic E-state index is 0.0941. The number of rotatable bonds is 5. The van der Waals surface area contributed by atoms with Gasteiger partial charge >= 0.3 is 5.97 Å². The third kappa shape index (κ3) is 2.62. The summed E-state index contributed by atoms with van der Waals surface area (Å²) in [6.45, 7) is 2.38. The number of aliphatic hydroxyl groups excluding tert-OH is 2. The molecule has 1 atom stereocenters. The van der Waals surface area contributed by atoms with Gasteiger partial charge in [-0.1, -0.05) is 0 Å². The van der Waals surface area contributed by atoms with Crippen LogP contribution in [0.15, 0.2) is 24.4 Å². The van der Waals surface area contributed by atoms with E-state index in [4.69, 9.17) is 10.2 Å². The Labute approximate surface area is 110 Å². The van der Waals surface area contributed by atoms with E-state index in [0.717, 1.165) is 10.9 Å². The third-order valence-electron chi connectivity index (χ3n) is 3.17. The quantitative estimate of drug-likeness (QED) is 0.767. The molecule has 3 N–H and O–H groups in total. The van der Waals surface area contributed by atoms with Crippen molar-refractivity contribution in [3.8, 4) is 0 Å². The van der Waals surface area contributed by atoms with Crippen LogP contribution in [0, 0.1) is 0 Å². The number of carboxylic acids is 1. The average Bonchev–Trinajstić information content (AvgIpc) is 2.74. The Morgan fingerprint density at radius 3 is 2.74 bits per heavy atom. The molecule has 0 amide bonds. The fraction of sp³-hybridized carbons (Fsp3) is 0.357. The highest BCUT2D eigenvalue weighted by Gasteiger charge is 2.14. The van der Waals surface area contributed by atoms with Crippen molar-refractivity contribution in [3.05, 3.63) is 35.5 Å². The lowest BCUT2D eigenvalue weighted by molar-refractivity contribution is 0.0697. The molecule has 2 rings (SSSR count). The van der Waals surface area contributed by atoms with Gasteiger partial charge in [0.1, 0.15) is 0 Å². The average molecular weight is 263 g/mol. The number of benzene rings is 1. The van der Waals surface area contributed by atoms with Gasteiger partial charge in [-0.25, -0.2) is 4.79 Å². The molecule has 0 radical (unpaired) electrons. The predicted octanol–water partition coefficient (Wildman–Crippen LogP) is 1.78. The van der Waals surface area contributed by atoms with Gasteiger partial charge in [0.2, 0.25) is 0 Å². The Morgan fingerprint density at radius 2 is 2.16 bits per heavy atom. The maximum atomic E-state index is 11.0. The van der Waals surface area contributed by atoms with E-state index in [1.807, 2.05) is 10.8 Å². The summed E-state index contributed by atoms with van der Waals surface area (Å²) in [5.41, 5.74) is 1.78. The molecule has 5 nitrogen and oxygen atoms in total. The Kier molecular flexibility index (Phi) is 3.87. The predicted molar refractivity (Wildman–Crippen MR) is 71.2 cm³/mol. The minimum Gasteiger partial charge on any atom is -0.478 e. The van der Waals surface area contributed by atoms with E-state index in [9.17, 15) is 9.90 Å². The van der Waals surface area contributed by atoms with Crippen LogP contribution in [-0.2, 0) is 6.54 Å². The number of fused-ring (bicyclic) bond motifs is 1. The molecule has 0 aliphatic carbocycles. The molecule has 0 aliphatic heterocycles. The van der Waals surface area contributed by atoms with Crippen LogP contribution in [0.4, 0.5) is 0 Å². The standard InChI is InChI=1S/C14H17NO4/c1-9(17)12-8-15(5-2-6-16)13-4-3-10(14(18)19)7-11(12)13/h3-4,7-9,16-17H,2,5-6H2,1H3,(H,18,19). The molecule has 1 unspecified atom stereocenters. The number of aliphatic hydroxyl groups is 2. The molecule has 0 saturated heterocycles. The summed E-state index contributed by atoms with van der Waals surface area (Å²) in [5.74, 6) is -0.985. The molecule has 2 aromatic rings. The molecule has 0 fully saturated rings. The van der Waals surface area contributed by atoms with Gasteiger partial charge in [0.25, 0.3) is 0 Å². The maximum Gasteiger partial charge on any atom is 0.335 e. The first-order valence-corrected chi connectivity index (χ1v) is 6.19. The van der Waals surface area contributed by atoms with E-state index in [1.165, 1.54) is 0 Å². The Balaban J connectivity index is 2.57. The molecule has 1 aromatic carbocycles. The summed E-state index contributed by atoms with van der Waals surface area (Å²) in [6, 6.07) is 4.86. The number of carbonyl (C=O) groups is 1. The summed E-state index contributed by atoms with van der Waals surface area (Å²) in [4.78, 5) is 11.0. The van der Waals surface area contributed by atoms with E-state index in [-0.39, 0.29) is 12.2 Å². The van der Waals surface area contributed by atoms with E-state index >= 15 is 0 Å². The fourth-order valence-electron chi connectivity index (χ4n) is 2.22. The molecule has 0 bridgehead atoms. The first-order chi connectivity index (χ1) is 9.04. The van der Waals surface area contributed by atoms with Gasteiger partial charge in [0.15, 0.2) is 0 Å². The summed E-state index contributed by atoms with van der Waals surface area (Å²) in [7, 11) is 0. The van der Waals surface area contributed by atoms with Gasteiger partial charge in [-0.05, 0) is 31.5 Å². The molecule has 0 spiro atoms. The molecular weight excluding hydrogens is 246 g/mol. The first kappa shape index (κ1) is 13.6. The number of aryl methyl sites for hydroxylation is 1.